The molecule has 0 amide bonds. The largest absolute Gasteiger partial charge is 0.444 e. The van der Waals surface area contributed by atoms with Crippen LogP contribution in [-0.2, 0) is 32.5 Å². The maximum absolute atomic E-state index is 7.68. The zero-order valence-electron chi connectivity index (χ0n) is 42.2. The van der Waals surface area contributed by atoms with Crippen molar-refractivity contribution in [3.8, 4) is 11.1 Å². The number of nitrogens with zero attached hydrogens (tertiary/aromatic N) is 2. The summed E-state index contributed by atoms with van der Waals surface area (Å²) in [4.78, 5) is 5.25. The SMILES string of the molecule is Cc1cc2c3c(c1)N(c1ccc(C(C)(C)C)cc1)c1oc4c5c1B3c1cc3c(cc1N2c1ccc(C(C)(C)C)cc1-c1ccc([SiH](C)C)cc1)C(C)(C)CCC3(C)CC5(C)CCC4(C)C. The molecular weight excluding hydrogens is 804 g/mol. The molecule has 0 fully saturated rings. The summed E-state index contributed by atoms with van der Waals surface area (Å²) in [6.07, 6.45) is 5.75. The molecule has 5 heteroatoms. The molecule has 2 aliphatic carbocycles. The zero-order chi connectivity index (χ0) is 46.1. The van der Waals surface area contributed by atoms with Crippen molar-refractivity contribution in [3.05, 3.63) is 130 Å². The van der Waals surface area contributed by atoms with E-state index in [-0.39, 0.29) is 39.2 Å². The molecule has 0 saturated carbocycles. The Balaban J connectivity index is 1.29. The van der Waals surface area contributed by atoms with Crippen LogP contribution in [0.2, 0.25) is 13.1 Å². The summed E-state index contributed by atoms with van der Waals surface area (Å²) in [5.41, 5.74) is 21.6. The molecule has 6 aromatic rings. The minimum Gasteiger partial charge on any atom is -0.444 e. The highest BCUT2D eigenvalue weighted by Gasteiger charge is 2.57. The van der Waals surface area contributed by atoms with Gasteiger partial charge in [0.2, 0.25) is 0 Å². The quantitative estimate of drug-likeness (QED) is 0.164. The highest BCUT2D eigenvalue weighted by Crippen LogP contribution is 2.60. The predicted octanol–water partition coefficient (Wildman–Crippen LogP) is 13.7. The molecule has 4 heterocycles. The van der Waals surface area contributed by atoms with E-state index in [1.807, 2.05) is 0 Å². The van der Waals surface area contributed by atoms with Gasteiger partial charge in [-0.15, -0.1) is 0 Å². The Hall–Kier alpha value is -4.74. The van der Waals surface area contributed by atoms with Crippen molar-refractivity contribution < 1.29 is 4.42 Å². The number of benzene rings is 5. The highest BCUT2D eigenvalue weighted by atomic mass is 28.3. The van der Waals surface area contributed by atoms with E-state index in [0.29, 0.717) is 0 Å². The fourth-order valence-electron chi connectivity index (χ4n) is 13.2. The first-order valence-corrected chi connectivity index (χ1v) is 27.8. The van der Waals surface area contributed by atoms with Gasteiger partial charge in [-0.25, -0.2) is 0 Å². The van der Waals surface area contributed by atoms with E-state index in [4.69, 9.17) is 4.42 Å². The lowest BCUT2D eigenvalue weighted by Crippen LogP contribution is -2.62. The fraction of sp³-hybridized carbons (Fsp3) is 0.433. The van der Waals surface area contributed by atoms with Crippen molar-refractivity contribution in [2.45, 2.75) is 168 Å². The van der Waals surface area contributed by atoms with Crippen LogP contribution in [0.3, 0.4) is 0 Å². The van der Waals surface area contributed by atoms with Crippen LogP contribution in [0.5, 0.6) is 0 Å². The van der Waals surface area contributed by atoms with Crippen LogP contribution < -0.4 is 31.4 Å². The Morgan fingerprint density at radius 1 is 0.585 bits per heavy atom. The molecule has 0 radical (unpaired) electrons. The van der Waals surface area contributed by atoms with E-state index in [1.54, 1.807) is 5.56 Å². The van der Waals surface area contributed by atoms with Crippen molar-refractivity contribution in [2.75, 3.05) is 9.80 Å². The van der Waals surface area contributed by atoms with Crippen LogP contribution >= 0.6 is 0 Å². The Morgan fingerprint density at radius 2 is 1.20 bits per heavy atom. The molecule has 1 aromatic heterocycles. The second-order valence-electron chi connectivity index (χ2n) is 25.4. The first kappa shape index (κ1) is 42.9. The third kappa shape index (κ3) is 6.25. The average molecular weight is 875 g/mol. The summed E-state index contributed by atoms with van der Waals surface area (Å²) in [5, 5.41) is 1.51. The van der Waals surface area contributed by atoms with Gasteiger partial charge in [-0.05, 0) is 164 Å². The summed E-state index contributed by atoms with van der Waals surface area (Å²) < 4.78 is 7.68. The number of furan rings is 1. The van der Waals surface area contributed by atoms with Crippen LogP contribution in [-0.4, -0.2) is 15.5 Å². The number of anilines is 6. The summed E-state index contributed by atoms with van der Waals surface area (Å²) in [5.74, 6) is 2.24. The third-order valence-electron chi connectivity index (χ3n) is 17.2. The van der Waals surface area contributed by atoms with Crippen molar-refractivity contribution in [2.24, 2.45) is 0 Å². The molecule has 5 aromatic carbocycles. The smallest absolute Gasteiger partial charge is 0.256 e. The lowest BCUT2D eigenvalue weighted by molar-refractivity contribution is 0.197. The van der Waals surface area contributed by atoms with Crippen molar-refractivity contribution in [3.63, 3.8) is 0 Å². The van der Waals surface area contributed by atoms with Gasteiger partial charge in [0, 0.05) is 33.7 Å². The second kappa shape index (κ2) is 13.7. The van der Waals surface area contributed by atoms with Crippen molar-refractivity contribution >= 4 is 71.4 Å². The molecule has 0 saturated heterocycles. The maximum Gasteiger partial charge on any atom is 0.256 e. The van der Waals surface area contributed by atoms with Gasteiger partial charge in [-0.3, -0.25) is 4.90 Å². The Bertz CT molecular complexity index is 2960. The van der Waals surface area contributed by atoms with Crippen LogP contribution in [0, 0.1) is 6.92 Å². The van der Waals surface area contributed by atoms with Gasteiger partial charge < -0.3 is 9.32 Å². The Labute approximate surface area is 392 Å². The summed E-state index contributed by atoms with van der Waals surface area (Å²) in [6, 6.07) is 36.8. The summed E-state index contributed by atoms with van der Waals surface area (Å²) >= 11 is 0. The molecule has 11 rings (SSSR count). The van der Waals surface area contributed by atoms with Gasteiger partial charge in [0.15, 0.2) is 5.88 Å². The van der Waals surface area contributed by atoms with Crippen molar-refractivity contribution in [1.82, 2.24) is 0 Å². The molecule has 3 nitrogen and oxygen atoms in total. The highest BCUT2D eigenvalue weighted by molar-refractivity contribution is 7.00. The standard InChI is InChI=1S/C60H71BN2OSi/c1-36-30-48-51-49(31-36)63(46-25-20-39(56(5,6)7)32-42(46)37-16-23-41(24-17-37)65(14)15)47-34-43-44-33-45(47)61(51)52-50-53(64-54(52)62(48)40-21-18-38(19-22-40)55(2,3)4)58(10,11)27-29-60(50,13)35-59(44,12)28-26-57(43,8)9/h16-25,30-34,65H,26-29,35H2,1-15H3. The minimum atomic E-state index is -0.970. The van der Waals surface area contributed by atoms with Gasteiger partial charge in [0.05, 0.1) is 14.5 Å². The Kier molecular flexibility index (Phi) is 9.02. The molecule has 0 N–H and O–H groups in total. The molecule has 2 unspecified atom stereocenters. The van der Waals surface area contributed by atoms with Gasteiger partial charge in [0.1, 0.15) is 5.76 Å². The molecule has 2 bridgehead atoms. The van der Waals surface area contributed by atoms with Crippen LogP contribution in [0.15, 0.2) is 95.4 Å². The minimum absolute atomic E-state index is 0.00544. The predicted molar refractivity (Wildman–Crippen MR) is 283 cm³/mol. The van der Waals surface area contributed by atoms with E-state index in [2.05, 4.69) is 204 Å². The molecule has 5 aliphatic rings. The fourth-order valence-corrected chi connectivity index (χ4v) is 14.1. The van der Waals surface area contributed by atoms with E-state index >= 15 is 0 Å². The van der Waals surface area contributed by atoms with Crippen LogP contribution in [0.1, 0.15) is 154 Å². The molecule has 334 valence electrons. The van der Waals surface area contributed by atoms with Gasteiger partial charge in [-0.1, -0.05) is 150 Å². The molecular formula is C60H71BN2OSi. The van der Waals surface area contributed by atoms with Gasteiger partial charge in [-0.2, -0.15) is 0 Å². The number of aryl methyl sites for hydroxylation is 1. The average Bonchev–Trinajstić information content (AvgIpc) is 3.66. The van der Waals surface area contributed by atoms with E-state index in [9.17, 15) is 0 Å². The first-order valence-electron chi connectivity index (χ1n) is 24.9. The van der Waals surface area contributed by atoms with E-state index in [0.717, 1.165) is 30.8 Å². The number of rotatable bonds is 4. The first-order chi connectivity index (χ1) is 30.4. The molecule has 65 heavy (non-hydrogen) atoms. The van der Waals surface area contributed by atoms with Gasteiger partial charge >= 0.3 is 0 Å². The lowest BCUT2D eigenvalue weighted by atomic mass is 9.32. The van der Waals surface area contributed by atoms with Crippen molar-refractivity contribution in [1.29, 1.82) is 0 Å². The maximum atomic E-state index is 7.68. The normalized spacial score (nSPS) is 22.2. The van der Waals surface area contributed by atoms with Crippen LogP contribution in [0.25, 0.3) is 11.1 Å². The number of hydrogen-bond acceptors (Lipinski definition) is 3. The molecule has 2 atom stereocenters. The second-order valence-corrected chi connectivity index (χ2v) is 28.4. The Morgan fingerprint density at radius 3 is 1.85 bits per heavy atom. The summed E-state index contributed by atoms with van der Waals surface area (Å²) in [7, 11) is -0.970. The van der Waals surface area contributed by atoms with E-state index in [1.165, 1.54) is 102 Å². The topological polar surface area (TPSA) is 19.6 Å². The molecule has 0 spiro atoms. The third-order valence-corrected chi connectivity index (χ3v) is 18.9. The summed E-state index contributed by atoms with van der Waals surface area (Å²) in [6.45, 7) is 36.4. The zero-order valence-corrected chi connectivity index (χ0v) is 43.3. The lowest BCUT2D eigenvalue weighted by Gasteiger charge is -2.50. The van der Waals surface area contributed by atoms with Gasteiger partial charge in [0.25, 0.3) is 6.71 Å². The number of hydrogen-bond donors (Lipinski definition) is 0. The van der Waals surface area contributed by atoms with Crippen LogP contribution in [0.4, 0.5) is 34.3 Å². The molecule has 3 aliphatic heterocycles. The van der Waals surface area contributed by atoms with E-state index < -0.39 is 8.80 Å². The monoisotopic (exact) mass is 875 g/mol.